The number of anilines is 2. The summed E-state index contributed by atoms with van der Waals surface area (Å²) in [5, 5.41) is 2.54. The molecule has 0 radical (unpaired) electrons. The summed E-state index contributed by atoms with van der Waals surface area (Å²) < 4.78 is 0. The standard InChI is InChI=1S/C51H41N/c1-5-6-7-8-16-31-52(44-29-30-46-45-21-14-15-22-49(45)51(4,50(46)35-44)42-19-10-9-11-20-42)43-27-25-38(26-28-43)41-24-23-36(2)47(34-41)48-33-40-18-13-12-17-39(40)32-37(48)3/h1,6-30,32-35H,31H2,2-4H3/b7-6-,16-8-. The van der Waals surface area contributed by atoms with Crippen LogP contribution in [-0.4, -0.2) is 6.54 Å². The molecular formula is C51H41N. The van der Waals surface area contributed by atoms with Crippen LogP contribution in [0.1, 0.15) is 34.7 Å². The minimum atomic E-state index is -0.267. The first-order valence-electron chi connectivity index (χ1n) is 18.0. The van der Waals surface area contributed by atoms with E-state index in [1.165, 1.54) is 72.0 Å². The van der Waals surface area contributed by atoms with Crippen molar-refractivity contribution in [1.82, 2.24) is 0 Å². The summed E-state index contributed by atoms with van der Waals surface area (Å²) in [5.74, 6) is 2.59. The second-order valence-corrected chi connectivity index (χ2v) is 13.9. The molecule has 1 unspecified atom stereocenters. The average Bonchev–Trinajstić information content (AvgIpc) is 3.45. The molecule has 0 spiro atoms. The molecule has 0 bridgehead atoms. The van der Waals surface area contributed by atoms with Gasteiger partial charge in [-0.1, -0.05) is 139 Å². The van der Waals surface area contributed by atoms with E-state index in [2.05, 4.69) is 189 Å². The van der Waals surface area contributed by atoms with Crippen LogP contribution in [0.2, 0.25) is 0 Å². The zero-order valence-electron chi connectivity index (χ0n) is 30.0. The molecule has 0 aromatic heterocycles. The normalized spacial score (nSPS) is 14.8. The molecule has 1 heteroatoms. The number of benzene rings is 7. The molecule has 7 aromatic carbocycles. The fraction of sp³-hybridized carbons (Fsp3) is 0.0980. The quantitative estimate of drug-likeness (QED) is 0.115. The Morgan fingerprint density at radius 2 is 1.21 bits per heavy atom. The lowest BCUT2D eigenvalue weighted by molar-refractivity contribution is 0.713. The van der Waals surface area contributed by atoms with E-state index in [1.54, 1.807) is 6.08 Å². The van der Waals surface area contributed by atoms with Gasteiger partial charge in [-0.05, 0) is 135 Å². The van der Waals surface area contributed by atoms with Crippen LogP contribution in [-0.2, 0) is 5.41 Å². The lowest BCUT2D eigenvalue weighted by Crippen LogP contribution is -2.23. The Balaban J connectivity index is 1.18. The first-order valence-corrected chi connectivity index (χ1v) is 18.0. The zero-order valence-corrected chi connectivity index (χ0v) is 30.0. The van der Waals surface area contributed by atoms with Gasteiger partial charge in [-0.15, -0.1) is 6.42 Å². The molecular weight excluding hydrogens is 627 g/mol. The van der Waals surface area contributed by atoms with Crippen LogP contribution in [0.15, 0.2) is 176 Å². The fourth-order valence-corrected chi connectivity index (χ4v) is 8.02. The highest BCUT2D eigenvalue weighted by molar-refractivity contribution is 5.91. The first-order chi connectivity index (χ1) is 25.5. The Morgan fingerprint density at radius 1 is 0.558 bits per heavy atom. The van der Waals surface area contributed by atoms with Crippen molar-refractivity contribution in [2.75, 3.05) is 11.4 Å². The van der Waals surface area contributed by atoms with E-state index in [0.29, 0.717) is 6.54 Å². The summed E-state index contributed by atoms with van der Waals surface area (Å²) in [5.41, 5.74) is 16.1. The lowest BCUT2D eigenvalue weighted by Gasteiger charge is -2.30. The van der Waals surface area contributed by atoms with Gasteiger partial charge in [-0.2, -0.15) is 0 Å². The maximum absolute atomic E-state index is 5.48. The molecule has 250 valence electrons. The second-order valence-electron chi connectivity index (χ2n) is 13.9. The van der Waals surface area contributed by atoms with Gasteiger partial charge < -0.3 is 4.90 Å². The molecule has 0 amide bonds. The van der Waals surface area contributed by atoms with Gasteiger partial charge in [-0.25, -0.2) is 0 Å². The van der Waals surface area contributed by atoms with Crippen molar-refractivity contribution in [1.29, 1.82) is 0 Å². The monoisotopic (exact) mass is 667 g/mol. The van der Waals surface area contributed by atoms with Crippen LogP contribution >= 0.6 is 0 Å². The average molecular weight is 668 g/mol. The van der Waals surface area contributed by atoms with E-state index in [-0.39, 0.29) is 5.41 Å². The molecule has 1 aliphatic carbocycles. The van der Waals surface area contributed by atoms with Crippen LogP contribution in [0.4, 0.5) is 11.4 Å². The number of fused-ring (bicyclic) bond motifs is 4. The van der Waals surface area contributed by atoms with Crippen molar-refractivity contribution < 1.29 is 0 Å². The Bertz CT molecular complexity index is 2530. The predicted octanol–water partition coefficient (Wildman–Crippen LogP) is 13.0. The number of hydrogen-bond donors (Lipinski definition) is 0. The number of nitrogens with zero attached hydrogens (tertiary/aromatic N) is 1. The maximum Gasteiger partial charge on any atom is 0.0436 e. The highest BCUT2D eigenvalue weighted by atomic mass is 15.1. The molecule has 0 heterocycles. The smallest absolute Gasteiger partial charge is 0.0436 e. The van der Waals surface area contributed by atoms with E-state index >= 15 is 0 Å². The van der Waals surface area contributed by atoms with E-state index < -0.39 is 0 Å². The SMILES string of the molecule is C#C/C=C\C=C/CN(c1ccc(-c2ccc(C)c(-c3cc4ccccc4cc3C)c2)cc1)c1ccc2c(c1)C(C)(c1ccccc1)c1ccccc1-2. The molecule has 1 aliphatic rings. The fourth-order valence-electron chi connectivity index (χ4n) is 8.02. The molecule has 52 heavy (non-hydrogen) atoms. The third-order valence-corrected chi connectivity index (χ3v) is 10.8. The lowest BCUT2D eigenvalue weighted by atomic mass is 9.74. The largest absolute Gasteiger partial charge is 0.338 e. The highest BCUT2D eigenvalue weighted by Gasteiger charge is 2.40. The van der Waals surface area contributed by atoms with Crippen LogP contribution in [0.3, 0.4) is 0 Å². The summed E-state index contributed by atoms with van der Waals surface area (Å²) >= 11 is 0. The van der Waals surface area contributed by atoms with E-state index in [1.807, 2.05) is 12.2 Å². The molecule has 8 rings (SSSR count). The maximum atomic E-state index is 5.48. The van der Waals surface area contributed by atoms with Crippen molar-refractivity contribution >= 4 is 22.1 Å². The molecule has 0 saturated carbocycles. The first kappa shape index (κ1) is 32.8. The number of aryl methyl sites for hydroxylation is 2. The topological polar surface area (TPSA) is 3.24 Å². The van der Waals surface area contributed by atoms with Crippen molar-refractivity contribution in [3.8, 4) is 45.7 Å². The van der Waals surface area contributed by atoms with Gasteiger partial charge in [0.1, 0.15) is 0 Å². The van der Waals surface area contributed by atoms with Crippen molar-refractivity contribution in [2.24, 2.45) is 0 Å². The Hall–Kier alpha value is -6.36. The van der Waals surface area contributed by atoms with Crippen LogP contribution in [0.5, 0.6) is 0 Å². The minimum Gasteiger partial charge on any atom is -0.338 e. The van der Waals surface area contributed by atoms with Crippen molar-refractivity contribution in [2.45, 2.75) is 26.2 Å². The van der Waals surface area contributed by atoms with Gasteiger partial charge in [0.15, 0.2) is 0 Å². The van der Waals surface area contributed by atoms with Crippen molar-refractivity contribution in [3.05, 3.63) is 204 Å². The molecule has 0 fully saturated rings. The van der Waals surface area contributed by atoms with Crippen LogP contribution in [0, 0.1) is 26.2 Å². The number of rotatable bonds is 8. The molecule has 1 atom stereocenters. The summed E-state index contributed by atoms with van der Waals surface area (Å²) in [4.78, 5) is 2.39. The highest BCUT2D eigenvalue weighted by Crippen LogP contribution is 2.53. The van der Waals surface area contributed by atoms with Gasteiger partial charge in [0.25, 0.3) is 0 Å². The summed E-state index contributed by atoms with van der Waals surface area (Å²) in [7, 11) is 0. The molecule has 7 aromatic rings. The predicted molar refractivity (Wildman–Crippen MR) is 222 cm³/mol. The summed E-state index contributed by atoms with van der Waals surface area (Å²) in [6.45, 7) is 7.49. The van der Waals surface area contributed by atoms with Crippen molar-refractivity contribution in [3.63, 3.8) is 0 Å². The van der Waals surface area contributed by atoms with Gasteiger partial charge in [0.05, 0.1) is 0 Å². The molecule has 0 aliphatic heterocycles. The summed E-state index contributed by atoms with van der Waals surface area (Å²) in [6.07, 6.45) is 13.3. The van der Waals surface area contributed by atoms with Crippen LogP contribution < -0.4 is 4.90 Å². The summed E-state index contributed by atoms with van der Waals surface area (Å²) in [6, 6.07) is 55.8. The van der Waals surface area contributed by atoms with E-state index in [9.17, 15) is 0 Å². The Kier molecular flexibility index (Phi) is 8.68. The van der Waals surface area contributed by atoms with Gasteiger partial charge in [0.2, 0.25) is 0 Å². The van der Waals surface area contributed by atoms with E-state index in [0.717, 1.165) is 11.4 Å². The van der Waals surface area contributed by atoms with Gasteiger partial charge >= 0.3 is 0 Å². The molecule has 0 saturated heterocycles. The third kappa shape index (κ3) is 5.83. The zero-order chi connectivity index (χ0) is 35.7. The van der Waals surface area contributed by atoms with Gasteiger partial charge in [-0.3, -0.25) is 0 Å². The number of terminal acetylenes is 1. The molecule has 1 nitrogen and oxygen atoms in total. The second kappa shape index (κ2) is 13.7. The molecule has 0 N–H and O–H groups in total. The van der Waals surface area contributed by atoms with Gasteiger partial charge in [0, 0.05) is 23.3 Å². The third-order valence-electron chi connectivity index (χ3n) is 10.8. The Morgan fingerprint density at radius 3 is 2.00 bits per heavy atom. The number of allylic oxidation sites excluding steroid dienone is 3. The number of hydrogen-bond acceptors (Lipinski definition) is 1. The van der Waals surface area contributed by atoms with Crippen LogP contribution in [0.25, 0.3) is 44.2 Å². The Labute approximate surface area is 308 Å². The minimum absolute atomic E-state index is 0.267. The van der Waals surface area contributed by atoms with E-state index in [4.69, 9.17) is 6.42 Å².